The number of anilines is 3. The van der Waals surface area contributed by atoms with Crippen LogP contribution < -0.4 is 15.4 Å². The van der Waals surface area contributed by atoms with Crippen LogP contribution in [0.2, 0.25) is 0 Å². The molecule has 0 saturated carbocycles. The van der Waals surface area contributed by atoms with Crippen LogP contribution in [0, 0.1) is 12.7 Å². The van der Waals surface area contributed by atoms with Crippen molar-refractivity contribution in [1.82, 2.24) is 0 Å². The van der Waals surface area contributed by atoms with Gasteiger partial charge in [-0.15, -0.1) is 0 Å². The predicted molar refractivity (Wildman–Crippen MR) is 76.6 cm³/mol. The molecule has 2 aromatic carbocycles. The van der Waals surface area contributed by atoms with Crippen LogP contribution in [0.4, 0.5) is 21.5 Å². The number of para-hydroxylation sites is 2. The molecule has 2 N–H and O–H groups in total. The van der Waals surface area contributed by atoms with Crippen molar-refractivity contribution in [3.63, 3.8) is 0 Å². The molecule has 0 aliphatic heterocycles. The van der Waals surface area contributed by atoms with Gasteiger partial charge in [0.15, 0.2) is 0 Å². The number of ether oxygens (including phenoxy) is 1. The van der Waals surface area contributed by atoms with Gasteiger partial charge in [-0.25, -0.2) is 4.39 Å². The number of rotatable bonds is 3. The molecule has 0 aliphatic rings. The number of hydrogen-bond acceptors (Lipinski definition) is 3. The van der Waals surface area contributed by atoms with E-state index in [1.54, 1.807) is 20.1 Å². The fourth-order valence-electron chi connectivity index (χ4n) is 2.01. The van der Waals surface area contributed by atoms with Gasteiger partial charge in [0.25, 0.3) is 0 Å². The number of methoxy groups -OCH3 is 1. The Hall–Kier alpha value is -2.23. The molecular weight excluding hydrogens is 243 g/mol. The van der Waals surface area contributed by atoms with E-state index in [0.29, 0.717) is 11.3 Å². The lowest BCUT2D eigenvalue weighted by atomic mass is 10.1. The smallest absolute Gasteiger partial charge is 0.142 e. The van der Waals surface area contributed by atoms with Crippen LogP contribution in [0.3, 0.4) is 0 Å². The van der Waals surface area contributed by atoms with E-state index in [9.17, 15) is 4.39 Å². The van der Waals surface area contributed by atoms with Crippen LogP contribution >= 0.6 is 0 Å². The van der Waals surface area contributed by atoms with Gasteiger partial charge in [0.2, 0.25) is 0 Å². The van der Waals surface area contributed by atoms with Gasteiger partial charge in [-0.3, -0.25) is 0 Å². The first-order chi connectivity index (χ1) is 9.04. The van der Waals surface area contributed by atoms with Gasteiger partial charge in [0.05, 0.1) is 24.2 Å². The van der Waals surface area contributed by atoms with Gasteiger partial charge in [0, 0.05) is 7.05 Å². The number of benzene rings is 2. The van der Waals surface area contributed by atoms with Crippen molar-refractivity contribution in [3.8, 4) is 5.75 Å². The van der Waals surface area contributed by atoms with E-state index in [1.165, 1.54) is 6.07 Å². The Balaban J connectivity index is 2.50. The third-order valence-corrected chi connectivity index (χ3v) is 3.12. The lowest BCUT2D eigenvalue weighted by Gasteiger charge is -2.23. The number of aryl methyl sites for hydroxylation is 1. The molecular formula is C15H17FN2O. The summed E-state index contributed by atoms with van der Waals surface area (Å²) < 4.78 is 18.8. The average molecular weight is 260 g/mol. The molecule has 4 heteroatoms. The summed E-state index contributed by atoms with van der Waals surface area (Å²) in [6.45, 7) is 1.72. The molecule has 0 fully saturated rings. The molecule has 0 amide bonds. The monoisotopic (exact) mass is 260 g/mol. The maximum absolute atomic E-state index is 13.4. The summed E-state index contributed by atoms with van der Waals surface area (Å²) in [4.78, 5) is 1.89. The van der Waals surface area contributed by atoms with Gasteiger partial charge < -0.3 is 15.4 Å². The summed E-state index contributed by atoms with van der Waals surface area (Å²) in [7, 11) is 3.49. The first-order valence-corrected chi connectivity index (χ1v) is 5.97. The molecule has 0 aromatic heterocycles. The minimum Gasteiger partial charge on any atom is -0.495 e. The zero-order valence-corrected chi connectivity index (χ0v) is 11.3. The maximum atomic E-state index is 13.4. The predicted octanol–water partition coefficient (Wildman–Crippen LogP) is 3.49. The second-order valence-electron chi connectivity index (χ2n) is 4.39. The summed E-state index contributed by atoms with van der Waals surface area (Å²) in [6, 6.07) is 10.7. The summed E-state index contributed by atoms with van der Waals surface area (Å²) in [5.41, 5.74) is 8.49. The standard InChI is InChI=1S/C15H17FN2O/c1-10-8-14(12(17)9-11(10)16)18(2)13-6-4-5-7-15(13)19-3/h4-9H,17H2,1-3H3. The molecule has 0 radical (unpaired) electrons. The molecule has 0 atom stereocenters. The van der Waals surface area contributed by atoms with Gasteiger partial charge in [0.1, 0.15) is 11.6 Å². The summed E-state index contributed by atoms with van der Waals surface area (Å²) in [5.74, 6) is 0.445. The van der Waals surface area contributed by atoms with Crippen molar-refractivity contribution in [2.75, 3.05) is 24.8 Å². The van der Waals surface area contributed by atoms with Crippen molar-refractivity contribution in [2.24, 2.45) is 0 Å². The van der Waals surface area contributed by atoms with Crippen LogP contribution in [0.5, 0.6) is 5.75 Å². The number of nitrogen functional groups attached to an aromatic ring is 1. The molecule has 0 aliphatic carbocycles. The third-order valence-electron chi connectivity index (χ3n) is 3.12. The highest BCUT2D eigenvalue weighted by Crippen LogP contribution is 2.35. The highest BCUT2D eigenvalue weighted by Gasteiger charge is 2.13. The number of halogens is 1. The molecule has 2 aromatic rings. The lowest BCUT2D eigenvalue weighted by molar-refractivity contribution is 0.415. The van der Waals surface area contributed by atoms with E-state index in [4.69, 9.17) is 10.5 Å². The van der Waals surface area contributed by atoms with Crippen LogP contribution in [0.1, 0.15) is 5.56 Å². The zero-order valence-electron chi connectivity index (χ0n) is 11.3. The average Bonchev–Trinajstić information content (AvgIpc) is 2.42. The third kappa shape index (κ3) is 2.47. The second-order valence-corrected chi connectivity index (χ2v) is 4.39. The SMILES string of the molecule is COc1ccccc1N(C)c1cc(C)c(F)cc1N. The minimum atomic E-state index is -0.297. The minimum absolute atomic E-state index is 0.297. The summed E-state index contributed by atoms with van der Waals surface area (Å²) >= 11 is 0. The highest BCUT2D eigenvalue weighted by molar-refractivity contribution is 5.77. The number of nitrogens with two attached hydrogens (primary N) is 1. The molecule has 100 valence electrons. The fraction of sp³-hybridized carbons (Fsp3) is 0.200. The molecule has 0 unspecified atom stereocenters. The topological polar surface area (TPSA) is 38.5 Å². The Morgan fingerprint density at radius 3 is 2.53 bits per heavy atom. The van der Waals surface area contributed by atoms with Crippen molar-refractivity contribution >= 4 is 17.1 Å². The van der Waals surface area contributed by atoms with E-state index >= 15 is 0 Å². The molecule has 3 nitrogen and oxygen atoms in total. The van der Waals surface area contributed by atoms with E-state index < -0.39 is 0 Å². The Bertz CT molecular complexity index is 599. The quantitative estimate of drug-likeness (QED) is 0.858. The van der Waals surface area contributed by atoms with Gasteiger partial charge >= 0.3 is 0 Å². The van der Waals surface area contributed by atoms with Crippen molar-refractivity contribution in [3.05, 3.63) is 47.8 Å². The van der Waals surface area contributed by atoms with Crippen LogP contribution in [0.15, 0.2) is 36.4 Å². The molecule has 2 rings (SSSR count). The molecule has 0 bridgehead atoms. The van der Waals surface area contributed by atoms with Crippen LogP contribution in [0.25, 0.3) is 0 Å². The van der Waals surface area contributed by atoms with Gasteiger partial charge in [-0.2, -0.15) is 0 Å². The number of hydrogen-bond donors (Lipinski definition) is 1. The van der Waals surface area contributed by atoms with Gasteiger partial charge in [-0.05, 0) is 36.8 Å². The zero-order chi connectivity index (χ0) is 14.0. The first-order valence-electron chi connectivity index (χ1n) is 5.97. The van der Waals surface area contributed by atoms with Gasteiger partial charge in [-0.1, -0.05) is 12.1 Å². The summed E-state index contributed by atoms with van der Waals surface area (Å²) in [5, 5.41) is 0. The van der Waals surface area contributed by atoms with E-state index in [-0.39, 0.29) is 5.82 Å². The van der Waals surface area contributed by atoms with Crippen LogP contribution in [-0.4, -0.2) is 14.2 Å². The Morgan fingerprint density at radius 1 is 1.16 bits per heavy atom. The van der Waals surface area contributed by atoms with E-state index in [1.807, 2.05) is 36.2 Å². The van der Waals surface area contributed by atoms with E-state index in [2.05, 4.69) is 0 Å². The van der Waals surface area contributed by atoms with Crippen molar-refractivity contribution in [2.45, 2.75) is 6.92 Å². The Morgan fingerprint density at radius 2 is 1.84 bits per heavy atom. The number of nitrogens with zero attached hydrogens (tertiary/aromatic N) is 1. The molecule has 19 heavy (non-hydrogen) atoms. The molecule has 0 spiro atoms. The largest absolute Gasteiger partial charge is 0.495 e. The summed E-state index contributed by atoms with van der Waals surface area (Å²) in [6.07, 6.45) is 0. The normalized spacial score (nSPS) is 10.3. The van der Waals surface area contributed by atoms with Crippen molar-refractivity contribution in [1.29, 1.82) is 0 Å². The van der Waals surface area contributed by atoms with Crippen LogP contribution in [-0.2, 0) is 0 Å². The maximum Gasteiger partial charge on any atom is 0.142 e. The Labute approximate surface area is 112 Å². The van der Waals surface area contributed by atoms with E-state index in [0.717, 1.165) is 17.1 Å². The molecule has 0 saturated heterocycles. The molecule has 0 heterocycles. The first kappa shape index (κ1) is 13.2. The van der Waals surface area contributed by atoms with Crippen molar-refractivity contribution < 1.29 is 9.13 Å². The Kier molecular flexibility index (Phi) is 3.60. The highest BCUT2D eigenvalue weighted by atomic mass is 19.1. The lowest BCUT2D eigenvalue weighted by Crippen LogP contribution is -2.13. The fourth-order valence-corrected chi connectivity index (χ4v) is 2.01. The second kappa shape index (κ2) is 5.18.